The number of carboxylic acids is 1. The van der Waals surface area contributed by atoms with E-state index in [0.717, 1.165) is 0 Å². The van der Waals surface area contributed by atoms with Gasteiger partial charge in [0.2, 0.25) is 5.91 Å². The molecule has 0 radical (unpaired) electrons. The highest BCUT2D eigenvalue weighted by molar-refractivity contribution is 5.78. The number of primary amides is 1. The van der Waals surface area contributed by atoms with Gasteiger partial charge >= 0.3 is 12.0 Å². The summed E-state index contributed by atoms with van der Waals surface area (Å²) in [6, 6.07) is -1.11. The molecule has 0 bridgehead atoms. The number of piperazine rings is 1. The summed E-state index contributed by atoms with van der Waals surface area (Å²) in [7, 11) is 0. The molecule has 0 aromatic carbocycles. The van der Waals surface area contributed by atoms with Crippen LogP contribution in [0.3, 0.4) is 0 Å². The molecule has 0 aromatic rings. The number of carbonyl (C=O) groups is 3. The number of hydrogen-bond donors (Lipinski definition) is 3. The van der Waals surface area contributed by atoms with E-state index in [2.05, 4.69) is 5.32 Å². The first-order valence-electron chi connectivity index (χ1n) is 6.62. The van der Waals surface area contributed by atoms with Crippen molar-refractivity contribution >= 4 is 17.9 Å². The Hall–Kier alpha value is -1.83. The van der Waals surface area contributed by atoms with Gasteiger partial charge in [0.05, 0.1) is 0 Å². The molecule has 4 N–H and O–H groups in total. The minimum atomic E-state index is -0.863. The monoisotopic (exact) mass is 286 g/mol. The van der Waals surface area contributed by atoms with Gasteiger partial charge in [-0.15, -0.1) is 0 Å². The van der Waals surface area contributed by atoms with Crippen LogP contribution in [0.1, 0.15) is 20.3 Å². The van der Waals surface area contributed by atoms with Crippen LogP contribution in [0.4, 0.5) is 4.79 Å². The average molecular weight is 286 g/mol. The minimum Gasteiger partial charge on any atom is -0.480 e. The summed E-state index contributed by atoms with van der Waals surface area (Å²) in [5.74, 6) is -1.32. The van der Waals surface area contributed by atoms with Crippen molar-refractivity contribution in [2.24, 2.45) is 5.73 Å². The lowest BCUT2D eigenvalue weighted by atomic mass is 10.2. The summed E-state index contributed by atoms with van der Waals surface area (Å²) < 4.78 is 0. The molecule has 114 valence electrons. The third kappa shape index (κ3) is 4.69. The first kappa shape index (κ1) is 16.2. The van der Waals surface area contributed by atoms with E-state index in [-0.39, 0.29) is 18.5 Å². The summed E-state index contributed by atoms with van der Waals surface area (Å²) in [6.45, 7) is 5.31. The molecule has 1 fully saturated rings. The normalized spacial score (nSPS) is 19.2. The topological polar surface area (TPSA) is 116 Å². The zero-order valence-corrected chi connectivity index (χ0v) is 11.8. The van der Waals surface area contributed by atoms with Crippen molar-refractivity contribution in [3.63, 3.8) is 0 Å². The van der Waals surface area contributed by atoms with Crippen molar-refractivity contribution in [1.29, 1.82) is 0 Å². The van der Waals surface area contributed by atoms with Gasteiger partial charge < -0.3 is 21.1 Å². The van der Waals surface area contributed by atoms with E-state index in [0.29, 0.717) is 26.2 Å². The maximum absolute atomic E-state index is 11.9. The van der Waals surface area contributed by atoms with E-state index in [9.17, 15) is 14.4 Å². The molecule has 1 aliphatic heterocycles. The molecule has 3 amide bonds. The quantitative estimate of drug-likeness (QED) is 0.602. The number of hydrogen-bond acceptors (Lipinski definition) is 4. The predicted octanol–water partition coefficient (Wildman–Crippen LogP) is -0.949. The summed E-state index contributed by atoms with van der Waals surface area (Å²) in [5.41, 5.74) is 5.06. The number of nitrogens with two attached hydrogens (primary N) is 1. The van der Waals surface area contributed by atoms with Crippen LogP contribution in [0.25, 0.3) is 0 Å². The highest BCUT2D eigenvalue weighted by Gasteiger charge is 2.27. The van der Waals surface area contributed by atoms with Crippen LogP contribution < -0.4 is 11.1 Å². The maximum atomic E-state index is 11.9. The SMILES string of the molecule is CC(CC(N)=O)NC(=O)N1CCN(C(C)C(=O)O)CC1. The second kappa shape index (κ2) is 7.09. The Morgan fingerprint density at radius 2 is 1.75 bits per heavy atom. The lowest BCUT2D eigenvalue weighted by molar-refractivity contribution is -0.143. The van der Waals surface area contributed by atoms with E-state index in [1.165, 1.54) is 0 Å². The van der Waals surface area contributed by atoms with E-state index in [1.54, 1.807) is 18.7 Å². The molecule has 0 saturated carbocycles. The number of carbonyl (C=O) groups excluding carboxylic acids is 2. The molecule has 0 aliphatic carbocycles. The molecule has 1 heterocycles. The fourth-order valence-electron chi connectivity index (χ4n) is 2.12. The summed E-state index contributed by atoms with van der Waals surface area (Å²) in [6.07, 6.45) is 0.0990. The van der Waals surface area contributed by atoms with Crippen LogP contribution in [0.2, 0.25) is 0 Å². The maximum Gasteiger partial charge on any atom is 0.320 e. The van der Waals surface area contributed by atoms with E-state index >= 15 is 0 Å². The number of nitrogens with zero attached hydrogens (tertiary/aromatic N) is 2. The molecule has 0 aromatic heterocycles. The van der Waals surface area contributed by atoms with Crippen LogP contribution in [0.5, 0.6) is 0 Å². The number of amides is 3. The van der Waals surface area contributed by atoms with E-state index < -0.39 is 17.9 Å². The van der Waals surface area contributed by atoms with Crippen molar-refractivity contribution in [2.75, 3.05) is 26.2 Å². The Morgan fingerprint density at radius 3 is 2.20 bits per heavy atom. The molecule has 1 aliphatic rings. The Balaban J connectivity index is 2.39. The van der Waals surface area contributed by atoms with Gasteiger partial charge in [0.25, 0.3) is 0 Å². The molecule has 2 atom stereocenters. The highest BCUT2D eigenvalue weighted by Crippen LogP contribution is 2.07. The molecular weight excluding hydrogens is 264 g/mol. The Labute approximate surface area is 117 Å². The number of urea groups is 1. The highest BCUT2D eigenvalue weighted by atomic mass is 16.4. The molecular formula is C12H22N4O4. The zero-order chi connectivity index (χ0) is 15.3. The van der Waals surface area contributed by atoms with Gasteiger partial charge in [-0.25, -0.2) is 4.79 Å². The van der Waals surface area contributed by atoms with Crippen LogP contribution in [0, 0.1) is 0 Å². The zero-order valence-electron chi connectivity index (χ0n) is 11.8. The molecule has 1 saturated heterocycles. The van der Waals surface area contributed by atoms with Crippen molar-refractivity contribution in [3.05, 3.63) is 0 Å². The molecule has 8 heteroatoms. The smallest absolute Gasteiger partial charge is 0.320 e. The Morgan fingerprint density at radius 1 is 1.20 bits per heavy atom. The second-order valence-electron chi connectivity index (χ2n) is 5.06. The fourth-order valence-corrected chi connectivity index (χ4v) is 2.12. The van der Waals surface area contributed by atoms with Crippen molar-refractivity contribution in [2.45, 2.75) is 32.4 Å². The molecule has 20 heavy (non-hydrogen) atoms. The Bertz CT molecular complexity index is 380. The fraction of sp³-hybridized carbons (Fsp3) is 0.750. The van der Waals surface area contributed by atoms with Crippen molar-refractivity contribution in [1.82, 2.24) is 15.1 Å². The van der Waals surface area contributed by atoms with Gasteiger partial charge in [0, 0.05) is 38.6 Å². The molecule has 2 unspecified atom stereocenters. The predicted molar refractivity (Wildman–Crippen MR) is 72.0 cm³/mol. The van der Waals surface area contributed by atoms with Gasteiger partial charge in [0.1, 0.15) is 6.04 Å². The van der Waals surface area contributed by atoms with Crippen LogP contribution >= 0.6 is 0 Å². The number of aliphatic carboxylic acids is 1. The number of rotatable bonds is 5. The summed E-state index contributed by atoms with van der Waals surface area (Å²) >= 11 is 0. The largest absolute Gasteiger partial charge is 0.480 e. The summed E-state index contributed by atoms with van der Waals surface area (Å²) in [4.78, 5) is 37.0. The molecule has 1 rings (SSSR count). The van der Waals surface area contributed by atoms with Crippen LogP contribution in [-0.2, 0) is 9.59 Å². The average Bonchev–Trinajstić information content (AvgIpc) is 2.36. The molecule has 0 spiro atoms. The molecule has 8 nitrogen and oxygen atoms in total. The van der Waals surface area contributed by atoms with Crippen LogP contribution in [0.15, 0.2) is 0 Å². The Kier molecular flexibility index (Phi) is 5.75. The summed E-state index contributed by atoms with van der Waals surface area (Å²) in [5, 5.41) is 11.6. The van der Waals surface area contributed by atoms with Crippen molar-refractivity contribution in [3.8, 4) is 0 Å². The van der Waals surface area contributed by atoms with Gasteiger partial charge in [-0.2, -0.15) is 0 Å². The lowest BCUT2D eigenvalue weighted by Crippen LogP contribution is -2.56. The first-order valence-corrected chi connectivity index (χ1v) is 6.62. The third-order valence-corrected chi connectivity index (χ3v) is 3.38. The number of nitrogens with one attached hydrogen (secondary N) is 1. The van der Waals surface area contributed by atoms with E-state index in [4.69, 9.17) is 10.8 Å². The van der Waals surface area contributed by atoms with Gasteiger partial charge in [-0.05, 0) is 13.8 Å². The van der Waals surface area contributed by atoms with Crippen LogP contribution in [-0.4, -0.2) is 71.1 Å². The van der Waals surface area contributed by atoms with Gasteiger partial charge in [0.15, 0.2) is 0 Å². The second-order valence-corrected chi connectivity index (χ2v) is 5.06. The minimum absolute atomic E-state index is 0.0990. The van der Waals surface area contributed by atoms with Gasteiger partial charge in [-0.3, -0.25) is 14.5 Å². The van der Waals surface area contributed by atoms with E-state index in [1.807, 2.05) is 4.90 Å². The number of carboxylic acid groups (broad SMARTS) is 1. The third-order valence-electron chi connectivity index (χ3n) is 3.38. The first-order chi connectivity index (χ1) is 9.31. The van der Waals surface area contributed by atoms with Crippen molar-refractivity contribution < 1.29 is 19.5 Å². The lowest BCUT2D eigenvalue weighted by Gasteiger charge is -2.36. The van der Waals surface area contributed by atoms with Gasteiger partial charge in [-0.1, -0.05) is 0 Å². The standard InChI is InChI=1S/C12H22N4O4/c1-8(7-10(13)17)14-12(20)16-5-3-15(4-6-16)9(2)11(18)19/h8-9H,3-7H2,1-2H3,(H2,13,17)(H,14,20)(H,18,19).